The number of rotatable bonds is 2. The molecular formula is C12H15Cl2NS. The van der Waals surface area contributed by atoms with Crippen LogP contribution >= 0.6 is 35.0 Å². The Kier molecular flexibility index (Phi) is 4.42. The summed E-state index contributed by atoms with van der Waals surface area (Å²) in [5.74, 6) is 0. The molecule has 1 fully saturated rings. The van der Waals surface area contributed by atoms with E-state index in [4.69, 9.17) is 28.9 Å². The number of hydrogen-bond donors (Lipinski definition) is 1. The van der Waals surface area contributed by atoms with E-state index in [0.717, 1.165) is 12.8 Å². The van der Waals surface area contributed by atoms with E-state index in [-0.39, 0.29) is 0 Å². The van der Waals surface area contributed by atoms with Gasteiger partial charge in [-0.05, 0) is 43.9 Å². The van der Waals surface area contributed by atoms with Gasteiger partial charge >= 0.3 is 0 Å². The smallest absolute Gasteiger partial charge is 0.0603 e. The molecule has 1 aromatic rings. The molecule has 0 saturated heterocycles. The van der Waals surface area contributed by atoms with Gasteiger partial charge in [0.15, 0.2) is 0 Å². The van der Waals surface area contributed by atoms with Crippen LogP contribution in [0.25, 0.3) is 0 Å². The zero-order valence-corrected chi connectivity index (χ0v) is 11.3. The zero-order valence-electron chi connectivity index (χ0n) is 8.96. The van der Waals surface area contributed by atoms with Crippen molar-refractivity contribution in [1.82, 2.24) is 0 Å². The summed E-state index contributed by atoms with van der Waals surface area (Å²) in [6.07, 6.45) is 4.68. The molecule has 1 saturated carbocycles. The number of benzene rings is 1. The van der Waals surface area contributed by atoms with Crippen molar-refractivity contribution in [2.45, 2.75) is 41.9 Å². The summed E-state index contributed by atoms with van der Waals surface area (Å²) in [6.45, 7) is 0. The minimum absolute atomic E-state index is 0.408. The van der Waals surface area contributed by atoms with Gasteiger partial charge in [0.05, 0.1) is 10.0 Å². The quantitative estimate of drug-likeness (QED) is 0.868. The van der Waals surface area contributed by atoms with Gasteiger partial charge in [-0.15, -0.1) is 11.8 Å². The Morgan fingerprint density at radius 1 is 1.06 bits per heavy atom. The molecule has 0 radical (unpaired) electrons. The second-order valence-corrected chi connectivity index (χ2v) is 6.42. The summed E-state index contributed by atoms with van der Waals surface area (Å²) >= 11 is 13.8. The van der Waals surface area contributed by atoms with E-state index >= 15 is 0 Å². The molecule has 0 spiro atoms. The maximum absolute atomic E-state index is 5.99. The van der Waals surface area contributed by atoms with Gasteiger partial charge < -0.3 is 5.73 Å². The lowest BCUT2D eigenvalue weighted by Gasteiger charge is -2.25. The van der Waals surface area contributed by atoms with E-state index in [9.17, 15) is 0 Å². The third-order valence-corrected chi connectivity index (χ3v) is 4.98. The largest absolute Gasteiger partial charge is 0.328 e. The van der Waals surface area contributed by atoms with Gasteiger partial charge in [0.1, 0.15) is 0 Å². The lowest BCUT2D eigenvalue weighted by Crippen LogP contribution is -2.27. The Balaban J connectivity index is 1.96. The van der Waals surface area contributed by atoms with Gasteiger partial charge in [-0.25, -0.2) is 0 Å². The van der Waals surface area contributed by atoms with Crippen LogP contribution in [-0.4, -0.2) is 11.3 Å². The van der Waals surface area contributed by atoms with Crippen molar-refractivity contribution in [1.29, 1.82) is 0 Å². The van der Waals surface area contributed by atoms with Crippen LogP contribution in [0.2, 0.25) is 10.0 Å². The molecule has 2 N–H and O–H groups in total. The maximum atomic E-state index is 5.99. The first-order valence-electron chi connectivity index (χ1n) is 5.52. The highest BCUT2D eigenvalue weighted by Crippen LogP contribution is 2.35. The van der Waals surface area contributed by atoms with Crippen molar-refractivity contribution in [2.24, 2.45) is 5.73 Å². The van der Waals surface area contributed by atoms with Crippen molar-refractivity contribution < 1.29 is 0 Å². The van der Waals surface area contributed by atoms with Crippen LogP contribution in [-0.2, 0) is 0 Å². The van der Waals surface area contributed by atoms with Gasteiger partial charge in [0, 0.05) is 16.2 Å². The molecule has 0 heterocycles. The number of nitrogens with two attached hydrogens (primary N) is 1. The fourth-order valence-electron chi connectivity index (χ4n) is 1.95. The average molecular weight is 276 g/mol. The number of halogens is 2. The van der Waals surface area contributed by atoms with E-state index in [2.05, 4.69) is 0 Å². The summed E-state index contributed by atoms with van der Waals surface area (Å²) < 4.78 is 0. The van der Waals surface area contributed by atoms with E-state index in [1.807, 2.05) is 30.0 Å². The molecule has 0 atom stereocenters. The van der Waals surface area contributed by atoms with Gasteiger partial charge in [-0.1, -0.05) is 23.2 Å². The van der Waals surface area contributed by atoms with Crippen molar-refractivity contribution in [3.05, 3.63) is 28.2 Å². The fraction of sp³-hybridized carbons (Fsp3) is 0.500. The molecule has 4 heteroatoms. The first-order valence-corrected chi connectivity index (χ1v) is 7.16. The molecule has 1 nitrogen and oxygen atoms in total. The first kappa shape index (κ1) is 12.6. The SMILES string of the molecule is NC1CCC(Sc2ccc(Cl)c(Cl)c2)CC1. The summed E-state index contributed by atoms with van der Waals surface area (Å²) in [6, 6.07) is 6.25. The second-order valence-electron chi connectivity index (χ2n) is 4.23. The Labute approximate surface area is 111 Å². The van der Waals surface area contributed by atoms with Crippen LogP contribution in [0.4, 0.5) is 0 Å². The van der Waals surface area contributed by atoms with Crippen molar-refractivity contribution in [3.8, 4) is 0 Å². The highest BCUT2D eigenvalue weighted by Gasteiger charge is 2.19. The predicted molar refractivity (Wildman–Crippen MR) is 72.6 cm³/mol. The molecule has 0 aromatic heterocycles. The third kappa shape index (κ3) is 3.30. The fourth-order valence-corrected chi connectivity index (χ4v) is 3.54. The molecule has 16 heavy (non-hydrogen) atoms. The molecule has 88 valence electrons. The molecule has 1 aliphatic carbocycles. The Morgan fingerprint density at radius 2 is 1.75 bits per heavy atom. The lowest BCUT2D eigenvalue weighted by atomic mass is 9.96. The van der Waals surface area contributed by atoms with E-state index in [1.54, 1.807) is 0 Å². The normalized spacial score (nSPS) is 25.7. The molecule has 2 rings (SSSR count). The highest BCUT2D eigenvalue weighted by molar-refractivity contribution is 8.00. The van der Waals surface area contributed by atoms with E-state index < -0.39 is 0 Å². The molecule has 0 amide bonds. The standard InChI is InChI=1S/C12H15Cl2NS/c13-11-6-5-10(7-12(11)14)16-9-3-1-8(15)2-4-9/h5-9H,1-4,15H2. The Morgan fingerprint density at radius 3 is 2.38 bits per heavy atom. The summed E-state index contributed by atoms with van der Waals surface area (Å²) in [5, 5.41) is 1.94. The lowest BCUT2D eigenvalue weighted by molar-refractivity contribution is 0.451. The average Bonchev–Trinajstić information content (AvgIpc) is 2.27. The van der Waals surface area contributed by atoms with E-state index in [1.165, 1.54) is 17.7 Å². The topological polar surface area (TPSA) is 26.0 Å². The van der Waals surface area contributed by atoms with Crippen LogP contribution in [0.1, 0.15) is 25.7 Å². The summed E-state index contributed by atoms with van der Waals surface area (Å²) in [4.78, 5) is 1.20. The predicted octanol–water partition coefficient (Wildman–Crippen LogP) is 4.36. The zero-order chi connectivity index (χ0) is 11.5. The molecule has 1 aromatic carbocycles. The van der Waals surface area contributed by atoms with Crippen LogP contribution in [0.5, 0.6) is 0 Å². The minimum atomic E-state index is 0.408. The first-order chi connectivity index (χ1) is 7.65. The van der Waals surface area contributed by atoms with E-state index in [0.29, 0.717) is 21.3 Å². The molecule has 0 aliphatic heterocycles. The summed E-state index contributed by atoms with van der Waals surface area (Å²) in [7, 11) is 0. The van der Waals surface area contributed by atoms with Gasteiger partial charge in [-0.3, -0.25) is 0 Å². The number of thioether (sulfide) groups is 1. The van der Waals surface area contributed by atoms with Crippen LogP contribution < -0.4 is 5.73 Å². The molecule has 0 bridgehead atoms. The van der Waals surface area contributed by atoms with Gasteiger partial charge in [0.25, 0.3) is 0 Å². The highest BCUT2D eigenvalue weighted by atomic mass is 35.5. The van der Waals surface area contributed by atoms with Crippen LogP contribution in [0.3, 0.4) is 0 Å². The van der Waals surface area contributed by atoms with Gasteiger partial charge in [-0.2, -0.15) is 0 Å². The van der Waals surface area contributed by atoms with Crippen molar-refractivity contribution in [2.75, 3.05) is 0 Å². The minimum Gasteiger partial charge on any atom is -0.328 e. The van der Waals surface area contributed by atoms with Crippen molar-refractivity contribution in [3.63, 3.8) is 0 Å². The third-order valence-electron chi connectivity index (χ3n) is 2.91. The Bertz CT molecular complexity index is 362. The second kappa shape index (κ2) is 5.63. The maximum Gasteiger partial charge on any atom is 0.0603 e. The number of hydrogen-bond acceptors (Lipinski definition) is 2. The van der Waals surface area contributed by atoms with Crippen molar-refractivity contribution >= 4 is 35.0 Å². The molecular weight excluding hydrogens is 261 g/mol. The molecule has 0 unspecified atom stereocenters. The van der Waals surface area contributed by atoms with Crippen LogP contribution in [0, 0.1) is 0 Å². The Hall–Kier alpha value is 0.110. The molecule has 1 aliphatic rings. The van der Waals surface area contributed by atoms with Crippen LogP contribution in [0.15, 0.2) is 23.1 Å². The summed E-state index contributed by atoms with van der Waals surface area (Å²) in [5.41, 5.74) is 5.89. The monoisotopic (exact) mass is 275 g/mol. The van der Waals surface area contributed by atoms with Gasteiger partial charge in [0.2, 0.25) is 0 Å².